The molecule has 0 N–H and O–H groups in total. The molecule has 3 aliphatic heterocycles. The zero-order chi connectivity index (χ0) is 32.5. The molecule has 1 aromatic heterocycles. The molecule has 6 rings (SSSR count). The van der Waals surface area contributed by atoms with Crippen molar-refractivity contribution < 1.29 is 17.9 Å². The van der Waals surface area contributed by atoms with Crippen molar-refractivity contribution in [1.29, 1.82) is 0 Å². The molecule has 46 heavy (non-hydrogen) atoms. The molecule has 3 saturated heterocycles. The van der Waals surface area contributed by atoms with E-state index in [-0.39, 0.29) is 15.4 Å². The maximum Gasteiger partial charge on any atom is 0.210 e. The fourth-order valence-electron chi connectivity index (χ4n) is 7.48. The molecule has 4 heterocycles. The number of hydrogen-bond donors (Lipinski definition) is 0. The number of aromatic nitrogens is 1. The lowest BCUT2D eigenvalue weighted by Gasteiger charge is -2.46. The zero-order valence-corrected chi connectivity index (χ0v) is 29.1. The van der Waals surface area contributed by atoms with Gasteiger partial charge in [-0.3, -0.25) is 14.8 Å². The van der Waals surface area contributed by atoms with Crippen molar-refractivity contribution in [2.75, 3.05) is 70.9 Å². The fourth-order valence-corrected chi connectivity index (χ4v) is 8.91. The van der Waals surface area contributed by atoms with Gasteiger partial charge >= 0.3 is 0 Å². The molecule has 0 amide bonds. The molecule has 10 heteroatoms. The summed E-state index contributed by atoms with van der Waals surface area (Å²) in [5.41, 5.74) is 1.10. The Hall–Kier alpha value is -2.92. The topological polar surface area (TPSA) is 78.5 Å². The van der Waals surface area contributed by atoms with Crippen LogP contribution in [-0.2, 0) is 9.84 Å². The van der Waals surface area contributed by atoms with Gasteiger partial charge in [0, 0.05) is 62.9 Å². The van der Waals surface area contributed by atoms with E-state index in [1.165, 1.54) is 32.1 Å². The minimum atomic E-state index is -3.87. The van der Waals surface area contributed by atoms with E-state index in [1.807, 2.05) is 39.0 Å². The first-order chi connectivity index (χ1) is 22.1. The van der Waals surface area contributed by atoms with Gasteiger partial charge in [-0.15, -0.1) is 0 Å². The number of piperidine rings is 2. The summed E-state index contributed by atoms with van der Waals surface area (Å²) in [6, 6.07) is 13.7. The first-order valence-corrected chi connectivity index (χ1v) is 18.5. The summed E-state index contributed by atoms with van der Waals surface area (Å²) in [7, 11) is -2.23. The Kier molecular flexibility index (Phi) is 9.80. The average molecular weight is 650 g/mol. The molecule has 0 spiro atoms. The standard InChI is InChI=1S/C36H51N5O4S/c1-6-38-17-13-27(14-18-38)39-21-23-40(24-22-39)28-15-19-41(20-16-28)35-32-25-30(44-5)9-12-33(32)37-26-34(35)46(42,43)31-10-7-29(8-11-31)45-36(2,3)4/h7-12,25-28H,6,13-24H2,1-5H3. The number of piperazine rings is 1. The monoisotopic (exact) mass is 649 g/mol. The van der Waals surface area contributed by atoms with Crippen LogP contribution in [0.5, 0.6) is 11.5 Å². The van der Waals surface area contributed by atoms with Crippen molar-refractivity contribution in [2.45, 2.75) is 80.9 Å². The van der Waals surface area contributed by atoms with Gasteiger partial charge in [-0.1, -0.05) is 6.92 Å². The van der Waals surface area contributed by atoms with Gasteiger partial charge in [-0.05, 0) is 109 Å². The Balaban J connectivity index is 1.20. The summed E-state index contributed by atoms with van der Waals surface area (Å²) in [6.07, 6.45) is 6.12. The van der Waals surface area contributed by atoms with Gasteiger partial charge in [0.05, 0.1) is 23.2 Å². The SMILES string of the molecule is CCN1CCC(N2CCN(C3CCN(c4c(S(=O)(=O)c5ccc(OC(C)(C)C)cc5)cnc5ccc(OC)cc45)CC3)CC2)CC1. The largest absolute Gasteiger partial charge is 0.497 e. The Labute approximate surface area is 275 Å². The number of pyridine rings is 1. The van der Waals surface area contributed by atoms with Crippen LogP contribution in [-0.4, -0.2) is 112 Å². The Morgan fingerprint density at radius 1 is 0.804 bits per heavy atom. The molecule has 0 radical (unpaired) electrons. The Morgan fingerprint density at radius 3 is 1.91 bits per heavy atom. The van der Waals surface area contributed by atoms with Crippen molar-refractivity contribution in [3.8, 4) is 11.5 Å². The highest BCUT2D eigenvalue weighted by molar-refractivity contribution is 7.91. The maximum atomic E-state index is 14.2. The number of methoxy groups -OCH3 is 1. The highest BCUT2D eigenvalue weighted by Crippen LogP contribution is 2.39. The summed E-state index contributed by atoms with van der Waals surface area (Å²) in [6.45, 7) is 17.9. The zero-order valence-electron chi connectivity index (χ0n) is 28.2. The molecule has 0 aliphatic carbocycles. The van der Waals surface area contributed by atoms with E-state index < -0.39 is 9.84 Å². The van der Waals surface area contributed by atoms with Crippen LogP contribution in [0.1, 0.15) is 53.4 Å². The highest BCUT2D eigenvalue weighted by Gasteiger charge is 2.34. The molecular formula is C36H51N5O4S. The molecule has 0 atom stereocenters. The summed E-state index contributed by atoms with van der Waals surface area (Å²) >= 11 is 0. The van der Waals surface area contributed by atoms with Crippen LogP contribution < -0.4 is 14.4 Å². The van der Waals surface area contributed by atoms with Crippen LogP contribution in [0, 0.1) is 0 Å². The van der Waals surface area contributed by atoms with Crippen LogP contribution >= 0.6 is 0 Å². The molecule has 3 aliphatic rings. The number of fused-ring (bicyclic) bond motifs is 1. The van der Waals surface area contributed by atoms with Crippen molar-refractivity contribution in [2.24, 2.45) is 0 Å². The Bertz CT molecular complexity index is 1580. The van der Waals surface area contributed by atoms with Crippen LogP contribution in [0.2, 0.25) is 0 Å². The second kappa shape index (κ2) is 13.7. The molecule has 3 aromatic rings. The summed E-state index contributed by atoms with van der Waals surface area (Å²) in [4.78, 5) is 15.3. The number of nitrogens with zero attached hydrogens (tertiary/aromatic N) is 5. The number of rotatable bonds is 8. The molecule has 0 unspecified atom stereocenters. The number of hydrogen-bond acceptors (Lipinski definition) is 9. The third-order valence-electron chi connectivity index (χ3n) is 10.0. The van der Waals surface area contributed by atoms with E-state index in [4.69, 9.17) is 9.47 Å². The van der Waals surface area contributed by atoms with Gasteiger partial charge in [0.15, 0.2) is 0 Å². The van der Waals surface area contributed by atoms with E-state index in [9.17, 15) is 8.42 Å². The minimum Gasteiger partial charge on any atom is -0.497 e. The fraction of sp³-hybridized carbons (Fsp3) is 0.583. The van der Waals surface area contributed by atoms with Crippen LogP contribution in [0.3, 0.4) is 0 Å². The quantitative estimate of drug-likeness (QED) is 0.322. The average Bonchev–Trinajstić information content (AvgIpc) is 3.07. The molecular weight excluding hydrogens is 598 g/mol. The molecule has 250 valence electrons. The highest BCUT2D eigenvalue weighted by atomic mass is 32.2. The first-order valence-electron chi connectivity index (χ1n) is 17.0. The minimum absolute atomic E-state index is 0.229. The molecule has 9 nitrogen and oxygen atoms in total. The Morgan fingerprint density at radius 2 is 1.37 bits per heavy atom. The predicted octanol–water partition coefficient (Wildman–Crippen LogP) is 5.32. The lowest BCUT2D eigenvalue weighted by atomic mass is 9.99. The van der Waals surface area contributed by atoms with Crippen LogP contribution in [0.25, 0.3) is 10.9 Å². The van der Waals surface area contributed by atoms with E-state index in [1.54, 1.807) is 31.4 Å². The van der Waals surface area contributed by atoms with E-state index in [2.05, 4.69) is 31.5 Å². The van der Waals surface area contributed by atoms with E-state index in [0.717, 1.165) is 81.3 Å². The van der Waals surface area contributed by atoms with Crippen LogP contribution in [0.4, 0.5) is 5.69 Å². The van der Waals surface area contributed by atoms with Gasteiger partial charge in [0.2, 0.25) is 9.84 Å². The van der Waals surface area contributed by atoms with Gasteiger partial charge in [0.25, 0.3) is 0 Å². The van der Waals surface area contributed by atoms with Gasteiger partial charge in [-0.25, -0.2) is 8.42 Å². The van der Waals surface area contributed by atoms with Crippen LogP contribution in [0.15, 0.2) is 58.5 Å². The first kappa shape index (κ1) is 33.0. The number of ether oxygens (including phenoxy) is 2. The van der Waals surface area contributed by atoms with Gasteiger partial charge < -0.3 is 19.3 Å². The van der Waals surface area contributed by atoms with Gasteiger partial charge in [0.1, 0.15) is 22.0 Å². The molecule has 0 bridgehead atoms. The lowest BCUT2D eigenvalue weighted by molar-refractivity contribution is 0.0384. The van der Waals surface area contributed by atoms with Gasteiger partial charge in [-0.2, -0.15) is 0 Å². The third kappa shape index (κ3) is 7.15. The maximum absolute atomic E-state index is 14.2. The lowest BCUT2D eigenvalue weighted by Crippen LogP contribution is -2.56. The van der Waals surface area contributed by atoms with E-state index in [0.29, 0.717) is 17.5 Å². The number of benzene rings is 2. The van der Waals surface area contributed by atoms with Crippen molar-refractivity contribution >= 4 is 26.4 Å². The van der Waals surface area contributed by atoms with E-state index >= 15 is 0 Å². The smallest absolute Gasteiger partial charge is 0.210 e. The number of sulfone groups is 1. The molecule has 0 saturated carbocycles. The third-order valence-corrected chi connectivity index (χ3v) is 11.8. The summed E-state index contributed by atoms with van der Waals surface area (Å²) in [5.74, 6) is 1.32. The van der Waals surface area contributed by atoms with Crippen molar-refractivity contribution in [1.82, 2.24) is 19.7 Å². The predicted molar refractivity (Wildman–Crippen MR) is 184 cm³/mol. The number of likely N-dealkylation sites (tertiary alicyclic amines) is 1. The number of anilines is 1. The van der Waals surface area contributed by atoms with Crippen molar-refractivity contribution in [3.05, 3.63) is 48.7 Å². The summed E-state index contributed by atoms with van der Waals surface area (Å²) < 4.78 is 40.0. The normalized spacial score (nSPS) is 20.3. The molecule has 3 fully saturated rings. The second-order valence-corrected chi connectivity index (χ2v) is 15.9. The second-order valence-electron chi connectivity index (χ2n) is 14.0. The van der Waals surface area contributed by atoms with Crippen molar-refractivity contribution in [3.63, 3.8) is 0 Å². The molecule has 2 aromatic carbocycles. The summed E-state index contributed by atoms with van der Waals surface area (Å²) in [5, 5.41) is 0.800.